The van der Waals surface area contributed by atoms with E-state index < -0.39 is 5.97 Å². The summed E-state index contributed by atoms with van der Waals surface area (Å²) in [6.45, 7) is 5.34. The standard InChI is InChI=1S/C13H24N2O4/c1-10(2)15(7-6-12(16)17)13(18)14(3)9-11-5-4-8-19-11/h10-11H,4-9H2,1-3H3,(H,16,17). The SMILES string of the molecule is CC(C)N(CCC(=O)O)C(=O)N(C)CC1CCCO1. The molecule has 1 saturated heterocycles. The first kappa shape index (κ1) is 15.8. The van der Waals surface area contributed by atoms with Crippen LogP contribution in [0.15, 0.2) is 0 Å². The van der Waals surface area contributed by atoms with Gasteiger partial charge in [-0.1, -0.05) is 0 Å². The molecule has 2 amide bonds. The Morgan fingerprint density at radius 3 is 2.58 bits per heavy atom. The zero-order chi connectivity index (χ0) is 14.4. The Morgan fingerprint density at radius 1 is 1.42 bits per heavy atom. The van der Waals surface area contributed by atoms with Gasteiger partial charge in [-0.05, 0) is 26.7 Å². The predicted octanol–water partition coefficient (Wildman–Crippen LogP) is 1.40. The van der Waals surface area contributed by atoms with Crippen LogP contribution < -0.4 is 0 Å². The van der Waals surface area contributed by atoms with Crippen LogP contribution in [-0.4, -0.2) is 65.8 Å². The van der Waals surface area contributed by atoms with Crippen molar-refractivity contribution in [3.8, 4) is 0 Å². The van der Waals surface area contributed by atoms with E-state index in [9.17, 15) is 9.59 Å². The number of ether oxygens (including phenoxy) is 1. The van der Waals surface area contributed by atoms with E-state index in [2.05, 4.69) is 0 Å². The summed E-state index contributed by atoms with van der Waals surface area (Å²) in [6, 6.07) is -0.148. The molecule has 19 heavy (non-hydrogen) atoms. The first-order chi connectivity index (χ1) is 8.91. The highest BCUT2D eigenvalue weighted by molar-refractivity contribution is 5.75. The number of nitrogens with zero attached hydrogens (tertiary/aromatic N) is 2. The van der Waals surface area contributed by atoms with E-state index >= 15 is 0 Å². The molecule has 1 heterocycles. The number of urea groups is 1. The van der Waals surface area contributed by atoms with Gasteiger partial charge in [0.2, 0.25) is 0 Å². The van der Waals surface area contributed by atoms with Gasteiger partial charge < -0.3 is 19.6 Å². The Labute approximate surface area is 114 Å². The highest BCUT2D eigenvalue weighted by Crippen LogP contribution is 2.14. The van der Waals surface area contributed by atoms with Crippen molar-refractivity contribution < 1.29 is 19.4 Å². The minimum atomic E-state index is -0.889. The first-order valence-corrected chi connectivity index (χ1v) is 6.77. The number of aliphatic carboxylic acids is 1. The summed E-state index contributed by atoms with van der Waals surface area (Å²) in [6.07, 6.45) is 2.11. The van der Waals surface area contributed by atoms with Crippen LogP contribution in [0.2, 0.25) is 0 Å². The molecule has 1 N–H and O–H groups in total. The molecule has 0 aromatic rings. The maximum absolute atomic E-state index is 12.3. The number of hydrogen-bond acceptors (Lipinski definition) is 3. The van der Waals surface area contributed by atoms with Crippen molar-refractivity contribution in [2.45, 2.75) is 45.3 Å². The molecule has 6 nitrogen and oxygen atoms in total. The van der Waals surface area contributed by atoms with Crippen LogP contribution in [0.1, 0.15) is 33.1 Å². The van der Waals surface area contributed by atoms with E-state index in [1.54, 1.807) is 16.8 Å². The second-order valence-electron chi connectivity index (χ2n) is 5.23. The highest BCUT2D eigenvalue weighted by atomic mass is 16.5. The molecule has 1 unspecified atom stereocenters. The number of amides is 2. The summed E-state index contributed by atoms with van der Waals surface area (Å²) in [4.78, 5) is 26.1. The van der Waals surface area contributed by atoms with Gasteiger partial charge in [-0.2, -0.15) is 0 Å². The molecule has 0 spiro atoms. The maximum Gasteiger partial charge on any atom is 0.320 e. The molecule has 0 radical (unpaired) electrons. The normalized spacial score (nSPS) is 18.6. The average molecular weight is 272 g/mol. The molecule has 0 saturated carbocycles. The van der Waals surface area contributed by atoms with Gasteiger partial charge in [0.25, 0.3) is 0 Å². The van der Waals surface area contributed by atoms with E-state index in [0.717, 1.165) is 19.4 Å². The highest BCUT2D eigenvalue weighted by Gasteiger charge is 2.25. The molecule has 0 aromatic carbocycles. The lowest BCUT2D eigenvalue weighted by Gasteiger charge is -2.32. The molecule has 0 aromatic heterocycles. The monoisotopic (exact) mass is 272 g/mol. The fourth-order valence-electron chi connectivity index (χ4n) is 2.18. The van der Waals surface area contributed by atoms with Crippen LogP contribution in [0.5, 0.6) is 0 Å². The van der Waals surface area contributed by atoms with Gasteiger partial charge in [0, 0.05) is 32.8 Å². The Kier molecular flexibility index (Phi) is 6.08. The van der Waals surface area contributed by atoms with Crippen LogP contribution in [0.4, 0.5) is 4.79 Å². The number of carbonyl (C=O) groups excluding carboxylic acids is 1. The van der Waals surface area contributed by atoms with Gasteiger partial charge >= 0.3 is 12.0 Å². The smallest absolute Gasteiger partial charge is 0.320 e. The van der Waals surface area contributed by atoms with Crippen molar-refractivity contribution >= 4 is 12.0 Å². The zero-order valence-electron chi connectivity index (χ0n) is 12.0. The van der Waals surface area contributed by atoms with Gasteiger partial charge in [0.05, 0.1) is 12.5 Å². The topological polar surface area (TPSA) is 70.1 Å². The van der Waals surface area contributed by atoms with Crippen LogP contribution in [-0.2, 0) is 9.53 Å². The number of carbonyl (C=O) groups is 2. The zero-order valence-corrected chi connectivity index (χ0v) is 12.0. The Morgan fingerprint density at radius 2 is 2.11 bits per heavy atom. The minimum Gasteiger partial charge on any atom is -0.481 e. The molecule has 0 bridgehead atoms. The van der Waals surface area contributed by atoms with E-state index in [1.807, 2.05) is 13.8 Å². The van der Waals surface area contributed by atoms with Gasteiger partial charge in [-0.25, -0.2) is 4.79 Å². The summed E-state index contributed by atoms with van der Waals surface area (Å²) in [5.41, 5.74) is 0. The van der Waals surface area contributed by atoms with Crippen LogP contribution in [0.25, 0.3) is 0 Å². The Bertz CT molecular complexity index is 314. The molecular formula is C13H24N2O4. The van der Waals surface area contributed by atoms with Crippen molar-refractivity contribution in [3.05, 3.63) is 0 Å². The lowest BCUT2D eigenvalue weighted by Crippen LogP contribution is -2.47. The number of rotatable bonds is 6. The molecule has 1 atom stereocenters. The van der Waals surface area contributed by atoms with E-state index in [0.29, 0.717) is 6.54 Å². The summed E-state index contributed by atoms with van der Waals surface area (Å²) >= 11 is 0. The third-order valence-corrected chi connectivity index (χ3v) is 3.26. The van der Waals surface area contributed by atoms with Crippen molar-refractivity contribution in [2.24, 2.45) is 0 Å². The van der Waals surface area contributed by atoms with Gasteiger partial charge in [-0.15, -0.1) is 0 Å². The van der Waals surface area contributed by atoms with E-state index in [4.69, 9.17) is 9.84 Å². The second kappa shape index (κ2) is 7.33. The van der Waals surface area contributed by atoms with Gasteiger partial charge in [-0.3, -0.25) is 4.79 Å². The summed E-state index contributed by atoms with van der Waals surface area (Å²) in [5.74, 6) is -0.889. The molecule has 110 valence electrons. The molecule has 1 aliphatic heterocycles. The molecular weight excluding hydrogens is 248 g/mol. The van der Waals surface area contributed by atoms with Crippen LogP contribution >= 0.6 is 0 Å². The lowest BCUT2D eigenvalue weighted by molar-refractivity contribution is -0.137. The number of likely N-dealkylation sites (N-methyl/N-ethyl adjacent to an activating group) is 1. The van der Waals surface area contributed by atoms with Crippen LogP contribution in [0.3, 0.4) is 0 Å². The molecule has 1 fully saturated rings. The average Bonchev–Trinajstić information content (AvgIpc) is 2.80. The number of carboxylic acid groups (broad SMARTS) is 1. The van der Waals surface area contributed by atoms with Crippen molar-refractivity contribution in [1.29, 1.82) is 0 Å². The lowest BCUT2D eigenvalue weighted by atomic mass is 10.2. The fourth-order valence-corrected chi connectivity index (χ4v) is 2.18. The third-order valence-electron chi connectivity index (χ3n) is 3.26. The Hall–Kier alpha value is -1.30. The van der Waals surface area contributed by atoms with Gasteiger partial charge in [0.1, 0.15) is 0 Å². The first-order valence-electron chi connectivity index (χ1n) is 6.77. The van der Waals surface area contributed by atoms with Gasteiger partial charge in [0.15, 0.2) is 0 Å². The third kappa shape index (κ3) is 5.06. The van der Waals surface area contributed by atoms with E-state index in [-0.39, 0.29) is 31.1 Å². The van der Waals surface area contributed by atoms with Crippen LogP contribution in [0, 0.1) is 0 Å². The molecule has 0 aliphatic carbocycles. The fraction of sp³-hybridized carbons (Fsp3) is 0.846. The minimum absolute atomic E-state index is 0.0150. The summed E-state index contributed by atoms with van der Waals surface area (Å²) in [7, 11) is 1.74. The second-order valence-corrected chi connectivity index (χ2v) is 5.23. The number of hydrogen-bond donors (Lipinski definition) is 1. The largest absolute Gasteiger partial charge is 0.481 e. The van der Waals surface area contributed by atoms with Crippen molar-refractivity contribution in [1.82, 2.24) is 9.80 Å². The van der Waals surface area contributed by atoms with E-state index in [1.165, 1.54) is 0 Å². The molecule has 1 rings (SSSR count). The quantitative estimate of drug-likeness (QED) is 0.793. The summed E-state index contributed by atoms with van der Waals surface area (Å²) < 4.78 is 5.51. The molecule has 6 heteroatoms. The Balaban J connectivity index is 2.51. The molecule has 1 aliphatic rings. The maximum atomic E-state index is 12.3. The van der Waals surface area contributed by atoms with Crippen molar-refractivity contribution in [3.63, 3.8) is 0 Å². The number of carboxylic acids is 1. The summed E-state index contributed by atoms with van der Waals surface area (Å²) in [5, 5.41) is 8.72. The van der Waals surface area contributed by atoms with Crippen molar-refractivity contribution in [2.75, 3.05) is 26.7 Å². The predicted molar refractivity (Wildman–Crippen MR) is 71.1 cm³/mol.